The first-order valence-electron chi connectivity index (χ1n) is 10.6. The van der Waals surface area contributed by atoms with Crippen molar-refractivity contribution in [1.29, 1.82) is 0 Å². The van der Waals surface area contributed by atoms with Crippen molar-refractivity contribution in [2.45, 2.75) is 113 Å². The zero-order chi connectivity index (χ0) is 20.7. The second kappa shape index (κ2) is 9.09. The normalized spacial score (nSPS) is 27.2. The quantitative estimate of drug-likeness (QED) is 0.349. The average Bonchev–Trinajstić information content (AvgIpc) is 2.75. The zero-order valence-corrected chi connectivity index (χ0v) is 28.2. The van der Waals surface area contributed by atoms with Crippen molar-refractivity contribution in [1.82, 2.24) is 6.38 Å². The van der Waals surface area contributed by atoms with Gasteiger partial charge in [-0.15, -0.1) is 0 Å². The van der Waals surface area contributed by atoms with Gasteiger partial charge in [-0.2, -0.15) is 0 Å². The molecule has 2 heterocycles. The second-order valence-corrected chi connectivity index (χ2v) is 42.9. The van der Waals surface area contributed by atoms with E-state index in [4.69, 9.17) is 0 Å². The predicted octanol–water partition coefficient (Wildman–Crippen LogP) is 6.32. The molecule has 0 aliphatic carbocycles. The number of hydrogen-bond donors (Lipinski definition) is 0. The molecule has 2 aliphatic rings. The monoisotopic (exact) mass is 606 g/mol. The molecule has 0 amide bonds. The van der Waals surface area contributed by atoms with Crippen LogP contribution in [0.25, 0.3) is 0 Å². The molecule has 2 rings (SSSR count). The van der Waals surface area contributed by atoms with E-state index < -0.39 is 47.7 Å². The minimum absolute atomic E-state index is 0.843. The molecule has 0 saturated carbocycles. The maximum atomic E-state index is 3.37. The van der Waals surface area contributed by atoms with Crippen molar-refractivity contribution in [3.63, 3.8) is 0 Å². The van der Waals surface area contributed by atoms with Crippen LogP contribution in [0.1, 0.15) is 27.7 Å². The van der Waals surface area contributed by atoms with Crippen LogP contribution in [0.4, 0.5) is 0 Å². The van der Waals surface area contributed by atoms with Crippen molar-refractivity contribution >= 4 is 70.0 Å². The van der Waals surface area contributed by atoms with E-state index in [0.717, 1.165) is 8.72 Å². The Labute approximate surface area is 188 Å². The molecule has 0 aromatic heterocycles. The van der Waals surface area contributed by atoms with Gasteiger partial charge in [-0.25, -0.2) is 0 Å². The molecule has 0 aromatic carbocycles. The maximum absolute atomic E-state index is 3.37. The van der Waals surface area contributed by atoms with Crippen LogP contribution in [0.3, 0.4) is 0 Å². The van der Waals surface area contributed by atoms with Crippen molar-refractivity contribution < 1.29 is 0 Å². The third kappa shape index (κ3) is 6.07. The molecule has 2 nitrogen and oxygen atoms in total. The summed E-state index contributed by atoms with van der Waals surface area (Å²) in [5.41, 5.74) is 0. The van der Waals surface area contributed by atoms with Gasteiger partial charge in [0.05, 0.1) is 0 Å². The molecule has 2 fully saturated rings. The van der Waals surface area contributed by atoms with Crippen LogP contribution in [-0.4, -0.2) is 76.4 Å². The van der Waals surface area contributed by atoms with E-state index in [1.165, 1.54) is 0 Å². The summed E-state index contributed by atoms with van der Waals surface area (Å²) in [6.45, 7) is 31.1. The summed E-state index contributed by atoms with van der Waals surface area (Å²) in [5, 5.41) is 0. The van der Waals surface area contributed by atoms with Gasteiger partial charge in [-0.3, -0.25) is 0 Å². The first kappa shape index (κ1) is 26.2. The third-order valence-corrected chi connectivity index (χ3v) is 49.2. The van der Waals surface area contributed by atoms with Gasteiger partial charge >= 0.3 is 189 Å². The predicted molar refractivity (Wildman–Crippen MR) is 135 cm³/mol. The summed E-state index contributed by atoms with van der Waals surface area (Å²) in [7, 11) is -4.61. The van der Waals surface area contributed by atoms with Crippen molar-refractivity contribution in [2.75, 3.05) is 0 Å². The van der Waals surface area contributed by atoms with E-state index >= 15 is 0 Å². The summed E-state index contributed by atoms with van der Waals surface area (Å²) in [4.78, 5) is 0. The molecule has 2 radical (unpaired) electrons. The van der Waals surface area contributed by atoms with Crippen molar-refractivity contribution in [3.05, 3.63) is 0 Å². The summed E-state index contributed by atoms with van der Waals surface area (Å²) in [5.74, 6) is 0. The summed E-state index contributed by atoms with van der Waals surface area (Å²) < 4.78 is 8.53. The summed E-state index contributed by atoms with van der Waals surface area (Å²) in [6.07, 6.45) is 0. The Morgan fingerprint density at radius 1 is 0.615 bits per heavy atom. The zero-order valence-electron chi connectivity index (χ0n) is 19.8. The van der Waals surface area contributed by atoms with E-state index in [2.05, 4.69) is 109 Å². The van der Waals surface area contributed by atoms with Gasteiger partial charge in [-0.1, -0.05) is 0 Å². The van der Waals surface area contributed by atoms with Crippen LogP contribution in [-0.2, 0) is 0 Å². The molecule has 0 spiro atoms. The Morgan fingerprint density at radius 2 is 0.808 bits per heavy atom. The van der Waals surface area contributed by atoms with Gasteiger partial charge in [0.1, 0.15) is 0 Å². The second-order valence-electron chi connectivity index (χ2n) is 11.5. The van der Waals surface area contributed by atoms with Gasteiger partial charge in [0, 0.05) is 0 Å². The topological polar surface area (TPSA) is 6.48 Å². The Morgan fingerprint density at radius 3 is 0.962 bits per heavy atom. The number of hydrogen-bond acceptors (Lipinski definition) is 2. The molecule has 2 aliphatic heterocycles. The molecular weight excluding hydrogens is 557 g/mol. The Balaban J connectivity index is 0.000000765. The van der Waals surface area contributed by atoms with Crippen molar-refractivity contribution in [2.24, 2.45) is 0 Å². The molecule has 0 unspecified atom stereocenters. The standard InChI is InChI=1S/C15H39GeN2Si4.C3H7Te/c1-15(2)16(17-19(3,4)11-12-20(17,5)6)18-21(7,8)13-14-22(18,9)10;1-3(2)4/h15H,11-14H2,1-10H3;3H,1-2H3. The molecule has 26 heavy (non-hydrogen) atoms. The molecule has 8 heteroatoms. The molecule has 2 saturated heterocycles. The molecule has 0 N–H and O–H groups in total. The van der Waals surface area contributed by atoms with Crippen LogP contribution in [0, 0.1) is 0 Å². The van der Waals surface area contributed by atoms with E-state index in [0.29, 0.717) is 0 Å². The average molecular weight is 603 g/mol. The van der Waals surface area contributed by atoms with Crippen LogP contribution in [0.5, 0.6) is 0 Å². The summed E-state index contributed by atoms with van der Waals surface area (Å²) in [6, 6.07) is 6.31. The van der Waals surface area contributed by atoms with E-state index in [-0.39, 0.29) is 0 Å². The van der Waals surface area contributed by atoms with Gasteiger partial charge in [0.25, 0.3) is 0 Å². The fourth-order valence-corrected chi connectivity index (χ4v) is 63.3. The van der Waals surface area contributed by atoms with Crippen LogP contribution >= 0.6 is 0 Å². The Hall–Kier alpha value is 2.12. The number of nitrogens with zero attached hydrogens (tertiary/aromatic N) is 2. The minimum atomic E-state index is -1.35. The van der Waals surface area contributed by atoms with Gasteiger partial charge in [0.2, 0.25) is 0 Å². The first-order chi connectivity index (χ1) is 11.5. The molecular formula is C18H46GeN2Si4Te. The Kier molecular flexibility index (Phi) is 9.14. The fourth-order valence-electron chi connectivity index (χ4n) is 5.17. The SMILES string of the molecule is CC(C)[Te].C[CH](C)[Ge]([N]1[Si](C)(C)CC[Si]1(C)C)[N]1[Si](C)(C)CC[Si]1(C)C. The van der Waals surface area contributed by atoms with Gasteiger partial charge in [-0.05, 0) is 0 Å². The van der Waals surface area contributed by atoms with E-state index in [1.807, 2.05) is 0 Å². The molecule has 0 bridgehead atoms. The third-order valence-electron chi connectivity index (χ3n) is 6.09. The molecule has 0 aromatic rings. The Bertz CT molecular complexity index is 413. The fraction of sp³-hybridized carbons (Fsp3) is 1.00. The molecule has 0 atom stereocenters. The van der Waals surface area contributed by atoms with Gasteiger partial charge < -0.3 is 0 Å². The van der Waals surface area contributed by atoms with Crippen LogP contribution < -0.4 is 0 Å². The number of rotatable bonds is 3. The molecule has 154 valence electrons. The van der Waals surface area contributed by atoms with Crippen molar-refractivity contribution in [3.8, 4) is 0 Å². The van der Waals surface area contributed by atoms with Crippen LogP contribution in [0.15, 0.2) is 0 Å². The van der Waals surface area contributed by atoms with Gasteiger partial charge in [0.15, 0.2) is 0 Å². The van der Waals surface area contributed by atoms with Crippen LogP contribution in [0.2, 0.25) is 85.3 Å². The first-order valence-corrected chi connectivity index (χ1v) is 27.6. The summed E-state index contributed by atoms with van der Waals surface area (Å²) >= 11 is 0.757. The van der Waals surface area contributed by atoms with E-state index in [1.54, 1.807) is 24.2 Å². The van der Waals surface area contributed by atoms with E-state index in [9.17, 15) is 0 Å².